The van der Waals surface area contributed by atoms with Crippen LogP contribution in [0.3, 0.4) is 0 Å². The topological polar surface area (TPSA) is 82.2 Å². The van der Waals surface area contributed by atoms with E-state index in [1.807, 2.05) is 13.1 Å². The predicted octanol–water partition coefficient (Wildman–Crippen LogP) is 2.53. The summed E-state index contributed by atoms with van der Waals surface area (Å²) in [5.74, 6) is -1.72. The molecule has 0 saturated carbocycles. The Kier molecular flexibility index (Phi) is 4.14. The van der Waals surface area contributed by atoms with Crippen LogP contribution in [0.15, 0.2) is 28.9 Å². The molecule has 1 saturated heterocycles. The molecule has 10 heteroatoms. The molecule has 1 fully saturated rings. The molecule has 7 nitrogen and oxygen atoms in total. The van der Waals surface area contributed by atoms with Crippen LogP contribution < -0.4 is 5.32 Å². The third-order valence-electron chi connectivity index (χ3n) is 4.33. The Hall–Kier alpha value is -2.88. The molecule has 2 aromatic heterocycles. The number of rotatable bonds is 4. The lowest BCUT2D eigenvalue weighted by Crippen LogP contribution is -2.49. The molecule has 3 heterocycles. The van der Waals surface area contributed by atoms with Gasteiger partial charge < -0.3 is 19.1 Å². The molecule has 27 heavy (non-hydrogen) atoms. The van der Waals surface area contributed by atoms with Gasteiger partial charge in [-0.05, 0) is 18.6 Å². The van der Waals surface area contributed by atoms with E-state index in [2.05, 4.69) is 20.0 Å². The molecule has 1 aliphatic rings. The van der Waals surface area contributed by atoms with Gasteiger partial charge in [0.2, 0.25) is 11.7 Å². The summed E-state index contributed by atoms with van der Waals surface area (Å²) in [5, 5.41) is 7.15. The number of carbonyl (C=O) groups excluding carboxylic acids is 1. The molecule has 0 spiro atoms. The minimum Gasteiger partial charge on any atom is -0.377 e. The highest BCUT2D eigenvalue weighted by Gasteiger charge is 2.38. The highest BCUT2D eigenvalue weighted by atomic mass is 19.4. The van der Waals surface area contributed by atoms with E-state index in [0.717, 1.165) is 10.9 Å². The van der Waals surface area contributed by atoms with E-state index in [0.29, 0.717) is 24.3 Å². The van der Waals surface area contributed by atoms with Crippen LogP contribution in [0.1, 0.15) is 11.5 Å². The van der Waals surface area contributed by atoms with Gasteiger partial charge in [0.25, 0.3) is 0 Å². The molecule has 1 N–H and O–H groups in total. The summed E-state index contributed by atoms with van der Waals surface area (Å²) in [5.41, 5.74) is 2.01. The predicted molar refractivity (Wildman–Crippen MR) is 87.7 cm³/mol. The molecule has 1 aliphatic heterocycles. The number of hydrogen-bond acceptors (Lipinski definition) is 5. The second-order valence-corrected chi connectivity index (χ2v) is 6.39. The average molecular weight is 380 g/mol. The van der Waals surface area contributed by atoms with E-state index in [4.69, 9.17) is 4.74 Å². The van der Waals surface area contributed by atoms with Gasteiger partial charge in [0.05, 0.1) is 19.3 Å². The Labute approximate surface area is 151 Å². The lowest BCUT2D eigenvalue weighted by molar-refractivity contribution is -0.159. The number of nitrogens with one attached hydrogen (secondary N) is 1. The van der Waals surface area contributed by atoms with Gasteiger partial charge >= 0.3 is 12.1 Å². The number of alkyl halides is 3. The molecule has 1 aromatic carbocycles. The van der Waals surface area contributed by atoms with Gasteiger partial charge in [-0.1, -0.05) is 17.3 Å². The lowest BCUT2D eigenvalue weighted by Gasteiger charge is -2.26. The minimum atomic E-state index is -4.70. The molecule has 142 valence electrons. The van der Waals surface area contributed by atoms with Crippen molar-refractivity contribution in [1.82, 2.24) is 20.0 Å². The van der Waals surface area contributed by atoms with Gasteiger partial charge in [-0.2, -0.15) is 18.2 Å². The summed E-state index contributed by atoms with van der Waals surface area (Å²) in [4.78, 5) is 15.6. The normalized spacial score (nSPS) is 15.1. The molecule has 3 aromatic rings. The number of aryl methyl sites for hydroxylation is 1. The number of carbonyl (C=O) groups is 1. The Morgan fingerprint density at radius 3 is 2.78 bits per heavy atom. The van der Waals surface area contributed by atoms with E-state index < -0.39 is 12.1 Å². The molecular weight excluding hydrogens is 365 g/mol. The van der Waals surface area contributed by atoms with Crippen LogP contribution in [0.25, 0.3) is 22.3 Å². The fourth-order valence-electron chi connectivity index (χ4n) is 2.95. The third-order valence-corrected chi connectivity index (χ3v) is 4.33. The monoisotopic (exact) mass is 380 g/mol. The summed E-state index contributed by atoms with van der Waals surface area (Å²) in [6, 6.07) is 5.05. The molecule has 0 aliphatic carbocycles. The van der Waals surface area contributed by atoms with Crippen molar-refractivity contribution < 1.29 is 27.2 Å². The van der Waals surface area contributed by atoms with Gasteiger partial charge in [-0.25, -0.2) is 0 Å². The zero-order valence-electron chi connectivity index (χ0n) is 14.2. The Balaban J connectivity index is 1.64. The number of halogens is 3. The highest BCUT2D eigenvalue weighted by molar-refractivity contribution is 5.89. The van der Waals surface area contributed by atoms with E-state index in [9.17, 15) is 18.0 Å². The maximum Gasteiger partial charge on any atom is 0.471 e. The van der Waals surface area contributed by atoms with E-state index in [1.54, 1.807) is 22.8 Å². The molecule has 0 radical (unpaired) electrons. The van der Waals surface area contributed by atoms with Crippen molar-refractivity contribution in [2.75, 3.05) is 13.2 Å². The van der Waals surface area contributed by atoms with Crippen LogP contribution in [-0.2, 0) is 22.3 Å². The van der Waals surface area contributed by atoms with Crippen molar-refractivity contribution >= 4 is 16.8 Å². The van der Waals surface area contributed by atoms with Crippen LogP contribution in [0.4, 0.5) is 13.2 Å². The first-order valence-corrected chi connectivity index (χ1v) is 8.19. The first-order valence-electron chi connectivity index (χ1n) is 8.19. The van der Waals surface area contributed by atoms with Crippen LogP contribution >= 0.6 is 0 Å². The Morgan fingerprint density at radius 2 is 2.15 bits per heavy atom. The summed E-state index contributed by atoms with van der Waals surface area (Å²) in [6.07, 6.45) is -2.88. The number of benzene rings is 1. The molecule has 0 bridgehead atoms. The van der Waals surface area contributed by atoms with Gasteiger partial charge in [0.1, 0.15) is 6.54 Å². The lowest BCUT2D eigenvalue weighted by atomic mass is 10.1. The van der Waals surface area contributed by atoms with Crippen molar-refractivity contribution in [3.8, 4) is 11.4 Å². The number of ether oxygens (including phenoxy) is 1. The summed E-state index contributed by atoms with van der Waals surface area (Å²) in [6.45, 7) is 2.98. The Morgan fingerprint density at radius 1 is 1.37 bits per heavy atom. The Bertz CT molecular complexity index is 1000. The quantitative estimate of drug-likeness (QED) is 0.752. The second-order valence-electron chi connectivity index (χ2n) is 6.39. The van der Waals surface area contributed by atoms with Crippen molar-refractivity contribution in [1.29, 1.82) is 0 Å². The zero-order valence-corrected chi connectivity index (χ0v) is 14.2. The largest absolute Gasteiger partial charge is 0.471 e. The molecule has 4 rings (SSSR count). The number of hydrogen-bond donors (Lipinski definition) is 1. The fourth-order valence-corrected chi connectivity index (χ4v) is 2.95. The zero-order chi connectivity index (χ0) is 19.2. The average Bonchev–Trinajstić information content (AvgIpc) is 3.17. The smallest absolute Gasteiger partial charge is 0.377 e. The van der Waals surface area contributed by atoms with Crippen molar-refractivity contribution in [2.24, 2.45) is 0 Å². The maximum absolute atomic E-state index is 12.7. The third kappa shape index (κ3) is 3.39. The van der Waals surface area contributed by atoms with Crippen molar-refractivity contribution in [3.05, 3.63) is 35.9 Å². The number of nitrogens with zero attached hydrogens (tertiary/aromatic N) is 3. The maximum atomic E-state index is 12.7. The van der Waals surface area contributed by atoms with Crippen LogP contribution in [0.5, 0.6) is 0 Å². The van der Waals surface area contributed by atoms with E-state index in [1.165, 1.54) is 0 Å². The number of aromatic nitrogens is 3. The van der Waals surface area contributed by atoms with Gasteiger partial charge in [-0.3, -0.25) is 4.79 Å². The number of amides is 1. The first kappa shape index (κ1) is 17.5. The summed E-state index contributed by atoms with van der Waals surface area (Å²) < 4.78 is 49.1. The van der Waals surface area contributed by atoms with Crippen LogP contribution in [0.2, 0.25) is 0 Å². The standard InChI is InChI=1S/C17H15F3N4O3/c1-9-5-24(6-14(25)21-11-7-26-8-11)13-4-10(2-3-12(9)13)15-22-16(27-23-15)17(18,19)20/h2-5,11H,6-8H2,1H3,(H,21,25). The second kappa shape index (κ2) is 6.38. The molecule has 0 unspecified atom stereocenters. The fraction of sp³-hybridized carbons (Fsp3) is 0.353. The number of fused-ring (bicyclic) bond motifs is 1. The minimum absolute atomic E-state index is 0.0242. The van der Waals surface area contributed by atoms with Gasteiger partial charge in [-0.15, -0.1) is 0 Å². The summed E-state index contributed by atoms with van der Waals surface area (Å²) >= 11 is 0. The van der Waals surface area contributed by atoms with E-state index >= 15 is 0 Å². The van der Waals surface area contributed by atoms with Gasteiger partial charge in [0.15, 0.2) is 0 Å². The highest BCUT2D eigenvalue weighted by Crippen LogP contribution is 2.31. The van der Waals surface area contributed by atoms with Gasteiger partial charge in [0, 0.05) is 22.7 Å². The van der Waals surface area contributed by atoms with Crippen LogP contribution in [-0.4, -0.2) is 39.9 Å². The van der Waals surface area contributed by atoms with Crippen molar-refractivity contribution in [3.63, 3.8) is 0 Å². The molecule has 0 atom stereocenters. The van der Waals surface area contributed by atoms with Crippen LogP contribution in [0, 0.1) is 6.92 Å². The molecule has 1 amide bonds. The molecular formula is C17H15F3N4O3. The summed E-state index contributed by atoms with van der Waals surface area (Å²) in [7, 11) is 0. The first-order chi connectivity index (χ1) is 12.8. The SMILES string of the molecule is Cc1cn(CC(=O)NC2COC2)c2cc(-c3noc(C(F)(F)F)n3)ccc12. The van der Waals surface area contributed by atoms with Crippen molar-refractivity contribution in [2.45, 2.75) is 25.7 Å². The van der Waals surface area contributed by atoms with E-state index in [-0.39, 0.29) is 24.3 Å².